The molecule has 5 aromatic rings. The first-order valence-corrected chi connectivity index (χ1v) is 28.7. The van der Waals surface area contributed by atoms with E-state index in [2.05, 4.69) is 72.8 Å². The number of rotatable bonds is 22. The average molecular weight is 1300 g/mol. The van der Waals surface area contributed by atoms with Crippen molar-refractivity contribution in [1.82, 2.24) is 60.1 Å². The molecule has 2 amide bonds. The van der Waals surface area contributed by atoms with Crippen LogP contribution in [-0.2, 0) is 22.6 Å². The zero-order chi connectivity index (χ0) is 62.5. The van der Waals surface area contributed by atoms with Gasteiger partial charge in [0.15, 0.2) is 0 Å². The number of terminal acetylenes is 1. The maximum Gasteiger partial charge on any atom is 1.00 e. The molecule has 88 heavy (non-hydrogen) atoms. The first-order valence-electron chi connectivity index (χ1n) is 27.6. The molecule has 0 radical (unpaired) electrons. The van der Waals surface area contributed by atoms with Crippen molar-refractivity contribution in [3.63, 3.8) is 0 Å². The summed E-state index contributed by atoms with van der Waals surface area (Å²) < 4.78 is 31.4. The Morgan fingerprint density at radius 3 is 1.44 bits per heavy atom. The molecule has 5 N–H and O–H groups in total. The maximum absolute atomic E-state index is 12.2. The van der Waals surface area contributed by atoms with Crippen molar-refractivity contribution >= 4 is 28.1 Å². The minimum Gasteiger partial charge on any atom is -0.490 e. The third kappa shape index (κ3) is 32.4. The van der Waals surface area contributed by atoms with Crippen LogP contribution < -0.4 is 49.1 Å². The predicted molar refractivity (Wildman–Crippen MR) is 332 cm³/mol. The molecule has 8 heterocycles. The predicted octanol–water partition coefficient (Wildman–Crippen LogP) is 5.61. The Hall–Kier alpha value is -6.87. The minimum absolute atomic E-state index is 0. The van der Waals surface area contributed by atoms with E-state index in [0.29, 0.717) is 107 Å². The van der Waals surface area contributed by atoms with Crippen molar-refractivity contribution in [2.45, 2.75) is 144 Å². The molecule has 0 spiro atoms. The number of hydrogen-bond donors (Lipinski definition) is 5. The molecule has 3 saturated heterocycles. The molecular weight excluding hydrogens is 1220 g/mol. The van der Waals surface area contributed by atoms with Crippen molar-refractivity contribution in [3.8, 4) is 52.1 Å². The fraction of sp³-hybridized carbons (Fsp3) is 0.596. The number of aryl methyl sites for hydroxylation is 2. The van der Waals surface area contributed by atoms with E-state index in [9.17, 15) is 9.59 Å². The van der Waals surface area contributed by atoms with Crippen LogP contribution in [0.4, 0.5) is 9.59 Å². The Morgan fingerprint density at radius 1 is 0.682 bits per heavy atom. The fourth-order valence-corrected chi connectivity index (χ4v) is 7.32. The van der Waals surface area contributed by atoms with Crippen LogP contribution in [0.2, 0.25) is 0 Å². The van der Waals surface area contributed by atoms with E-state index in [-0.39, 0.29) is 88.5 Å². The van der Waals surface area contributed by atoms with Crippen molar-refractivity contribution in [2.75, 3.05) is 77.8 Å². The Kier molecular flexibility index (Phi) is 41.9. The summed E-state index contributed by atoms with van der Waals surface area (Å²) in [6.07, 6.45) is 24.0. The Bertz CT molecular complexity index is 2850. The Balaban J connectivity index is 0.00000115. The number of alkyl halides is 1. The molecule has 3 atom stereocenters. The van der Waals surface area contributed by atoms with Crippen LogP contribution in [0.5, 0.6) is 17.2 Å². The molecule has 31 heteroatoms. The third-order valence-corrected chi connectivity index (χ3v) is 12.2. The summed E-state index contributed by atoms with van der Waals surface area (Å²) in [4.78, 5) is 43.9. The largest absolute Gasteiger partial charge is 1.00 e. The van der Waals surface area contributed by atoms with E-state index in [0.717, 1.165) is 60.1 Å². The topological polar surface area (TPSA) is 387 Å². The van der Waals surface area contributed by atoms with Crippen molar-refractivity contribution in [3.05, 3.63) is 99.8 Å². The van der Waals surface area contributed by atoms with Crippen molar-refractivity contribution in [1.29, 1.82) is 0 Å². The van der Waals surface area contributed by atoms with Gasteiger partial charge < -0.3 is 70.3 Å². The minimum atomic E-state index is -0.509. The van der Waals surface area contributed by atoms with Gasteiger partial charge in [0.05, 0.1) is 43.1 Å². The smallest absolute Gasteiger partial charge is 0.490 e. The van der Waals surface area contributed by atoms with Gasteiger partial charge in [0, 0.05) is 111 Å². The number of azide groups is 1. The number of hydrogen-bond acceptors (Lipinski definition) is 20. The van der Waals surface area contributed by atoms with Gasteiger partial charge in [-0.05, 0) is 117 Å². The normalized spacial score (nSPS) is 14.8. The van der Waals surface area contributed by atoms with E-state index in [1.807, 2.05) is 66.1 Å². The quantitative estimate of drug-likeness (QED) is 0.0107. The summed E-state index contributed by atoms with van der Waals surface area (Å²) in [7, 11) is 0. The number of aliphatic hydroxyl groups is 4. The van der Waals surface area contributed by atoms with Crippen molar-refractivity contribution in [2.24, 2.45) is 5.11 Å². The summed E-state index contributed by atoms with van der Waals surface area (Å²) in [5, 5.41) is 57.6. The number of ether oxygens (including phenoxy) is 5. The van der Waals surface area contributed by atoms with Gasteiger partial charge in [0.25, 0.3) is 0 Å². The van der Waals surface area contributed by atoms with E-state index in [1.165, 1.54) is 4.91 Å². The van der Waals surface area contributed by atoms with E-state index in [4.69, 9.17) is 67.1 Å². The van der Waals surface area contributed by atoms with E-state index < -0.39 is 11.2 Å². The molecule has 5 aromatic heterocycles. The average Bonchev–Trinajstić information content (AvgIpc) is 2.19. The number of carbonyl (C=O) groups excluding carboxylic acids is 2. The van der Waals surface area contributed by atoms with Crippen LogP contribution in [0.15, 0.2) is 72.9 Å². The van der Waals surface area contributed by atoms with Gasteiger partial charge in [-0.25, -0.2) is 9.59 Å². The summed E-state index contributed by atoms with van der Waals surface area (Å²) in [6.45, 7) is 17.3. The van der Waals surface area contributed by atoms with Gasteiger partial charge in [-0.15, -0.1) is 16.6 Å². The zero-order valence-corrected chi connectivity index (χ0v) is 53.7. The van der Waals surface area contributed by atoms with Gasteiger partial charge in [-0.1, -0.05) is 52.2 Å². The SMILES string of the molecule is C.C.C#Cc1cncc(OC[C@@H]2CCN2C(=O)OC(C)(C)C)c1.CC(C)(C)OC(=O)N1CC[C@H]1COc1cncc(-c2cn(CCCO)nn2)c1.OCCCBr.OCCCn1cc(-c2cncc(OC[C@@H]3CCN3)c2)nn1.[N-]=[N+]=NCCCO.[N-]=[N+]=[N-].[Na+]. The van der Waals surface area contributed by atoms with E-state index in [1.54, 1.807) is 62.4 Å². The summed E-state index contributed by atoms with van der Waals surface area (Å²) in [6, 6.07) is 6.01. The monoisotopic (exact) mass is 1300 g/mol. The van der Waals surface area contributed by atoms with Crippen LogP contribution in [0.3, 0.4) is 0 Å². The summed E-state index contributed by atoms with van der Waals surface area (Å²) in [5.74, 6) is 4.47. The number of aliphatic hydroxyl groups excluding tert-OH is 4. The van der Waals surface area contributed by atoms with Crippen LogP contribution in [0.1, 0.15) is 107 Å². The number of amides is 2. The van der Waals surface area contributed by atoms with Crippen LogP contribution in [0.25, 0.3) is 48.9 Å². The molecule has 3 aliphatic rings. The van der Waals surface area contributed by atoms with Crippen LogP contribution >= 0.6 is 15.9 Å². The summed E-state index contributed by atoms with van der Waals surface area (Å²) in [5.41, 5.74) is 24.0. The first kappa shape index (κ1) is 81.1. The number of nitrogens with one attached hydrogen (secondary N) is 1. The molecule has 8 rings (SSSR count). The Labute approximate surface area is 546 Å². The van der Waals surface area contributed by atoms with Gasteiger partial charge in [0.2, 0.25) is 0 Å². The Morgan fingerprint density at radius 2 is 1.10 bits per heavy atom. The second-order valence-corrected chi connectivity index (χ2v) is 21.5. The molecule has 29 nitrogen and oxygen atoms in total. The van der Waals surface area contributed by atoms with Crippen LogP contribution in [-0.4, -0.2) is 194 Å². The number of aromatic nitrogens is 9. The van der Waals surface area contributed by atoms with Gasteiger partial charge in [0.1, 0.15) is 59.7 Å². The van der Waals surface area contributed by atoms with Crippen molar-refractivity contribution < 1.29 is 83.3 Å². The maximum atomic E-state index is 12.2. The fourth-order valence-electron chi connectivity index (χ4n) is 7.07. The molecule has 0 unspecified atom stereocenters. The first-order chi connectivity index (χ1) is 40.8. The van der Waals surface area contributed by atoms with E-state index >= 15 is 0 Å². The number of nitrogens with zero attached hydrogens (tertiary/aromatic N) is 17. The second-order valence-electron chi connectivity index (χ2n) is 20.8. The number of halogens is 1. The molecule has 0 aliphatic carbocycles. The molecule has 0 aromatic carbocycles. The van der Waals surface area contributed by atoms with Gasteiger partial charge in [-0.3, -0.25) is 29.2 Å². The number of carbonyl (C=O) groups is 2. The zero-order valence-electron chi connectivity index (χ0n) is 50.1. The third-order valence-electron chi connectivity index (χ3n) is 11.6. The summed E-state index contributed by atoms with van der Waals surface area (Å²) >= 11 is 3.15. The van der Waals surface area contributed by atoms with Crippen LogP contribution in [0, 0.1) is 12.3 Å². The van der Waals surface area contributed by atoms with Gasteiger partial charge >= 0.3 is 41.7 Å². The molecule has 0 saturated carbocycles. The molecule has 3 aliphatic heterocycles. The van der Waals surface area contributed by atoms with Gasteiger partial charge in [-0.2, -0.15) is 0 Å². The number of pyridine rings is 3. The second kappa shape index (κ2) is 45.4. The molecule has 3 fully saturated rings. The molecular formula is C57H88BrN18NaO11. The standard InChI is InChI=1S/C19H27N5O4.C16H20N2O3.C14H19N5O2.C3H7BrO.C3H7N3O.2CH4.N3.Na/c1-19(2,3)28-18(26)24-7-5-15(24)13-27-16-9-14(10-20-11-16)17-12-23(22-21-17)6-4-8-25;1-5-12-8-14(10-17-9-12)20-11-13-6-7-18(13)15(19)21-16(2,3)4;20-5-1-4-19-9-14(17-18-19)11-6-13(8-15-7-11)21-10-12-2-3-16-12;4-2-1-3-5;4-6-5-2-1-3-7;;;1-3-2;/h9-12,15,25H,4-8,13H2,1-3H3;1,8-10,13H,6-7,11H2,2-4H3;6-9,12,16,20H,1-5,10H2;5H,1-3H2;7H,1-3H2;2*1H4;;/q;;;;;;;-1;+1/t15-;13-;12-;;;;;;/m000....../s1. The molecule has 0 bridgehead atoms. The molecule has 480 valence electrons. The number of likely N-dealkylation sites (tertiary alicyclic amines) is 2.